The summed E-state index contributed by atoms with van der Waals surface area (Å²) in [6.45, 7) is 12.5. The number of nitrogens with one attached hydrogen (secondary N) is 1. The molecule has 12 heteroatoms. The van der Waals surface area contributed by atoms with E-state index in [9.17, 15) is 18.4 Å². The van der Waals surface area contributed by atoms with Gasteiger partial charge in [-0.05, 0) is 87.5 Å². The van der Waals surface area contributed by atoms with Crippen molar-refractivity contribution in [2.45, 2.75) is 41.2 Å². The molecule has 0 saturated heterocycles. The fourth-order valence-corrected chi connectivity index (χ4v) is 5.33. The highest BCUT2D eigenvalue weighted by Gasteiger charge is 2.26. The molecule has 248 valence electrons. The molecule has 1 aromatic heterocycles. The van der Waals surface area contributed by atoms with Gasteiger partial charge in [-0.25, -0.2) is 18.6 Å². The first-order chi connectivity index (χ1) is 22.4. The molecule has 1 heterocycles. The summed E-state index contributed by atoms with van der Waals surface area (Å²) in [5, 5.41) is 2.61. The molecule has 4 aromatic rings. The van der Waals surface area contributed by atoms with Crippen molar-refractivity contribution in [2.75, 3.05) is 43.4 Å². The van der Waals surface area contributed by atoms with E-state index in [4.69, 9.17) is 16.3 Å². The van der Waals surface area contributed by atoms with Gasteiger partial charge in [-0.1, -0.05) is 43.1 Å². The molecule has 0 fully saturated rings. The van der Waals surface area contributed by atoms with Gasteiger partial charge in [-0.3, -0.25) is 9.69 Å². The molecule has 0 radical (unpaired) electrons. The van der Waals surface area contributed by atoms with Gasteiger partial charge in [0.2, 0.25) is 5.95 Å². The average molecular weight is 665 g/mol. The van der Waals surface area contributed by atoms with Gasteiger partial charge in [0.25, 0.3) is 5.91 Å². The number of carbonyl (C=O) groups excluding carboxylic acids is 2. The number of benzene rings is 3. The van der Waals surface area contributed by atoms with Crippen LogP contribution in [-0.4, -0.2) is 65.0 Å². The van der Waals surface area contributed by atoms with E-state index in [1.54, 1.807) is 36.2 Å². The largest absolute Gasteiger partial charge is 0.421 e. The predicted molar refractivity (Wildman–Crippen MR) is 181 cm³/mol. The van der Waals surface area contributed by atoms with Crippen LogP contribution in [0.2, 0.25) is 5.02 Å². The molecule has 0 aliphatic carbocycles. The first-order valence-corrected chi connectivity index (χ1v) is 15.7. The molecule has 47 heavy (non-hydrogen) atoms. The molecule has 0 atom stereocenters. The number of carbonyl (C=O) groups is 2. The molecule has 2 amide bonds. The van der Waals surface area contributed by atoms with Crippen molar-refractivity contribution in [3.8, 4) is 5.75 Å². The Bertz CT molecular complexity index is 1710. The first kappa shape index (κ1) is 35.2. The summed E-state index contributed by atoms with van der Waals surface area (Å²) >= 11 is 6.13. The van der Waals surface area contributed by atoms with E-state index in [-0.39, 0.29) is 23.2 Å². The van der Waals surface area contributed by atoms with Crippen LogP contribution in [-0.2, 0) is 6.54 Å². The van der Waals surface area contributed by atoms with Crippen LogP contribution in [0.4, 0.5) is 31.0 Å². The number of anilines is 3. The summed E-state index contributed by atoms with van der Waals surface area (Å²) in [6.07, 6.45) is 0.539. The maximum Gasteiger partial charge on any atom is 0.421 e. The van der Waals surface area contributed by atoms with Crippen LogP contribution >= 0.6 is 11.6 Å². The van der Waals surface area contributed by atoms with E-state index in [0.717, 1.165) is 53.4 Å². The number of amides is 2. The lowest BCUT2D eigenvalue weighted by Gasteiger charge is -2.23. The van der Waals surface area contributed by atoms with Gasteiger partial charge in [0.1, 0.15) is 23.2 Å². The number of hydrogen-bond acceptors (Lipinski definition) is 7. The molecule has 0 spiro atoms. The van der Waals surface area contributed by atoms with Crippen LogP contribution in [0.3, 0.4) is 0 Å². The van der Waals surface area contributed by atoms with Gasteiger partial charge < -0.3 is 19.9 Å². The van der Waals surface area contributed by atoms with E-state index >= 15 is 0 Å². The lowest BCUT2D eigenvalue weighted by Crippen LogP contribution is -2.36. The van der Waals surface area contributed by atoms with Gasteiger partial charge in [0, 0.05) is 43.1 Å². The van der Waals surface area contributed by atoms with Gasteiger partial charge >= 0.3 is 6.09 Å². The van der Waals surface area contributed by atoms with Crippen molar-refractivity contribution in [1.82, 2.24) is 19.8 Å². The zero-order chi connectivity index (χ0) is 34.2. The average Bonchev–Trinajstić information content (AvgIpc) is 3.05. The molecule has 4 rings (SSSR count). The third-order valence-corrected chi connectivity index (χ3v) is 8.18. The maximum absolute atomic E-state index is 14.9. The number of halogens is 3. The Labute approximate surface area is 279 Å². The van der Waals surface area contributed by atoms with Crippen LogP contribution in [0.1, 0.15) is 46.5 Å². The highest BCUT2D eigenvalue weighted by molar-refractivity contribution is 6.31. The molecule has 0 aliphatic rings. The highest BCUT2D eigenvalue weighted by atomic mass is 35.5. The molecule has 3 aromatic carbocycles. The molecule has 0 unspecified atom stereocenters. The smallest absolute Gasteiger partial charge is 0.409 e. The van der Waals surface area contributed by atoms with Crippen molar-refractivity contribution < 1.29 is 23.1 Å². The first-order valence-electron chi connectivity index (χ1n) is 15.3. The Morgan fingerprint density at radius 3 is 2.19 bits per heavy atom. The molecular formula is C35H39ClF2N6O3. The minimum Gasteiger partial charge on any atom is -0.409 e. The number of likely N-dealkylation sites (N-methyl/N-ethyl adjacent to an activating group) is 2. The number of aryl methyl sites for hydroxylation is 3. The zero-order valence-electron chi connectivity index (χ0n) is 27.4. The third kappa shape index (κ3) is 8.81. The van der Waals surface area contributed by atoms with E-state index in [0.29, 0.717) is 23.5 Å². The van der Waals surface area contributed by atoms with Crippen LogP contribution in [0.5, 0.6) is 5.75 Å². The van der Waals surface area contributed by atoms with Crippen LogP contribution in [0.25, 0.3) is 0 Å². The quantitative estimate of drug-likeness (QED) is 0.155. The van der Waals surface area contributed by atoms with Gasteiger partial charge in [0.05, 0.1) is 11.6 Å². The second-order valence-electron chi connectivity index (χ2n) is 11.2. The number of nitrogens with zero attached hydrogens (tertiary/aromatic N) is 5. The minimum atomic E-state index is -0.877. The Hall–Kier alpha value is -4.61. The topological polar surface area (TPSA) is 90.9 Å². The molecule has 0 saturated carbocycles. The summed E-state index contributed by atoms with van der Waals surface area (Å²) in [7, 11) is 1.78. The van der Waals surface area contributed by atoms with E-state index in [1.807, 2.05) is 32.9 Å². The summed E-state index contributed by atoms with van der Waals surface area (Å²) < 4.78 is 35.0. The number of hydrogen-bond donors (Lipinski definition) is 1. The molecule has 9 nitrogen and oxygen atoms in total. The fraction of sp³-hybridized carbons (Fsp3) is 0.314. The Kier molecular flexibility index (Phi) is 11.8. The van der Waals surface area contributed by atoms with Crippen LogP contribution in [0.15, 0.2) is 60.8 Å². The Morgan fingerprint density at radius 1 is 0.915 bits per heavy atom. The highest BCUT2D eigenvalue weighted by Crippen LogP contribution is 2.30. The van der Waals surface area contributed by atoms with Crippen LogP contribution in [0, 0.1) is 32.4 Å². The van der Waals surface area contributed by atoms with Crippen molar-refractivity contribution in [1.29, 1.82) is 0 Å². The molecule has 0 bridgehead atoms. The van der Waals surface area contributed by atoms with E-state index in [2.05, 4.69) is 34.0 Å². The zero-order valence-corrected chi connectivity index (χ0v) is 28.2. The summed E-state index contributed by atoms with van der Waals surface area (Å²) in [5.74, 6) is -1.21. The monoisotopic (exact) mass is 664 g/mol. The number of ether oxygens (including phenoxy) is 1. The minimum absolute atomic E-state index is 0.0521. The summed E-state index contributed by atoms with van der Waals surface area (Å²) in [4.78, 5) is 40.4. The van der Waals surface area contributed by atoms with Crippen molar-refractivity contribution in [3.05, 3.63) is 105 Å². The van der Waals surface area contributed by atoms with Gasteiger partial charge in [-0.2, -0.15) is 4.98 Å². The van der Waals surface area contributed by atoms with Gasteiger partial charge in [-0.15, -0.1) is 0 Å². The molecular weight excluding hydrogens is 626 g/mol. The summed E-state index contributed by atoms with van der Waals surface area (Å²) in [5.41, 5.74) is 3.33. The maximum atomic E-state index is 14.9. The standard InChI is InChI=1S/C35H39ClF2N6O3/c1-7-43(8-2)18-17-42(6)33(45)25-9-11-26(12-10-25)40-34-39-16-15-30(41-34)44(21-27-28(37)13-14-29(38)31(27)36)35(46)47-32-23(4)19-22(3)20-24(32)5/h9-16,19-20H,7-8,17-18,21H2,1-6H3,(H,39,40,41). The van der Waals surface area contributed by atoms with Crippen molar-refractivity contribution in [3.63, 3.8) is 0 Å². The van der Waals surface area contributed by atoms with Crippen molar-refractivity contribution in [2.24, 2.45) is 0 Å². The number of rotatable bonds is 12. The lowest BCUT2D eigenvalue weighted by atomic mass is 10.1. The Morgan fingerprint density at radius 2 is 1.55 bits per heavy atom. The van der Waals surface area contributed by atoms with Gasteiger partial charge in [0.15, 0.2) is 0 Å². The second kappa shape index (κ2) is 15.8. The molecule has 1 N–H and O–H groups in total. The Balaban J connectivity index is 1.58. The van der Waals surface area contributed by atoms with E-state index in [1.165, 1.54) is 12.3 Å². The predicted octanol–water partition coefficient (Wildman–Crippen LogP) is 7.70. The normalized spacial score (nSPS) is 11.0. The van der Waals surface area contributed by atoms with Crippen LogP contribution < -0.4 is 15.0 Å². The molecule has 0 aliphatic heterocycles. The van der Waals surface area contributed by atoms with E-state index < -0.39 is 29.3 Å². The van der Waals surface area contributed by atoms with Crippen molar-refractivity contribution >= 4 is 41.1 Å². The fourth-order valence-electron chi connectivity index (χ4n) is 5.12. The lowest BCUT2D eigenvalue weighted by molar-refractivity contribution is 0.0779. The second-order valence-corrected chi connectivity index (χ2v) is 11.6. The number of aromatic nitrogens is 2. The summed E-state index contributed by atoms with van der Waals surface area (Å²) in [6, 6.07) is 13.9. The third-order valence-electron chi connectivity index (χ3n) is 7.77. The SMILES string of the molecule is CCN(CC)CCN(C)C(=O)c1ccc(Nc2nccc(N(Cc3c(F)ccc(F)c3Cl)C(=O)Oc3c(C)cc(C)cc3C)n2)cc1.